The van der Waals surface area contributed by atoms with Gasteiger partial charge in [-0.1, -0.05) is 63.5 Å². The van der Waals surface area contributed by atoms with Gasteiger partial charge in [-0.05, 0) is 70.3 Å². The highest BCUT2D eigenvalue weighted by Crippen LogP contribution is 2.58. The van der Waals surface area contributed by atoms with E-state index in [-0.39, 0.29) is 23.7 Å². The van der Waals surface area contributed by atoms with Crippen LogP contribution in [0.1, 0.15) is 74.7 Å². The molecule has 0 aromatic carbocycles. The van der Waals surface area contributed by atoms with Gasteiger partial charge in [0.2, 0.25) is 0 Å². The molecule has 0 aromatic heterocycles. The molecule has 3 atom stereocenters. The van der Waals surface area contributed by atoms with Crippen LogP contribution in [0, 0.1) is 35.5 Å². The predicted molar refractivity (Wildman–Crippen MR) is 128 cm³/mol. The average Bonchev–Trinajstić information content (AvgIpc) is 3.07. The van der Waals surface area contributed by atoms with Crippen molar-refractivity contribution in [1.82, 2.24) is 0 Å². The molecule has 30 heavy (non-hydrogen) atoms. The molecule has 2 nitrogen and oxygen atoms in total. The Hall–Kier alpha value is -1.50. The van der Waals surface area contributed by atoms with Crippen LogP contribution in [0.5, 0.6) is 0 Å². The maximum absolute atomic E-state index is 6.33. The standard InChI is InChI=1S/C27H39BO2/c1-10-21-22-14-12-13-15-23(22)27(11-2,17-16-19(3)4)24(21)18-20(5)28-29-25(6,7)26(8,9)30-28/h1,12-15,18-19,22-23H,11,16-17H2,2-9H3/b20-18+. The molecule has 1 fully saturated rings. The van der Waals surface area contributed by atoms with Crippen LogP contribution in [0.2, 0.25) is 0 Å². The van der Waals surface area contributed by atoms with Crippen molar-refractivity contribution in [3.63, 3.8) is 0 Å². The maximum Gasteiger partial charge on any atom is 0.490 e. The monoisotopic (exact) mass is 406 g/mol. The van der Waals surface area contributed by atoms with Crippen LogP contribution in [0.25, 0.3) is 0 Å². The number of fused-ring (bicyclic) bond motifs is 1. The molecule has 0 saturated carbocycles. The highest BCUT2D eigenvalue weighted by Gasteiger charge is 2.53. The second-order valence-corrected chi connectivity index (χ2v) is 10.7. The van der Waals surface area contributed by atoms with Crippen LogP contribution < -0.4 is 0 Å². The van der Waals surface area contributed by atoms with E-state index in [1.54, 1.807) is 0 Å². The van der Waals surface area contributed by atoms with Gasteiger partial charge < -0.3 is 9.31 Å². The molecular weight excluding hydrogens is 367 g/mol. The summed E-state index contributed by atoms with van der Waals surface area (Å²) in [4.78, 5) is 0. The largest absolute Gasteiger partial charge is 0.490 e. The Morgan fingerprint density at radius 1 is 1.17 bits per heavy atom. The first-order valence-electron chi connectivity index (χ1n) is 11.6. The van der Waals surface area contributed by atoms with Crippen LogP contribution in [-0.4, -0.2) is 18.3 Å². The summed E-state index contributed by atoms with van der Waals surface area (Å²) in [5, 5.41) is 0. The molecule has 1 saturated heterocycles. The van der Waals surface area contributed by atoms with E-state index < -0.39 is 0 Å². The topological polar surface area (TPSA) is 18.5 Å². The minimum absolute atomic E-state index is 0.0583. The fourth-order valence-corrected chi connectivity index (χ4v) is 5.21. The van der Waals surface area contributed by atoms with E-state index in [1.807, 2.05) is 0 Å². The molecule has 0 spiro atoms. The predicted octanol–water partition coefficient (Wildman–Crippen LogP) is 6.70. The van der Waals surface area contributed by atoms with Crippen LogP contribution in [-0.2, 0) is 9.31 Å². The number of rotatable bonds is 6. The van der Waals surface area contributed by atoms with E-state index in [0.717, 1.165) is 23.9 Å². The van der Waals surface area contributed by atoms with Crippen LogP contribution >= 0.6 is 0 Å². The Kier molecular flexibility index (Phi) is 6.34. The van der Waals surface area contributed by atoms with E-state index in [1.165, 1.54) is 12.0 Å². The first-order chi connectivity index (χ1) is 14.0. The lowest BCUT2D eigenvalue weighted by molar-refractivity contribution is 0.00578. The summed E-state index contributed by atoms with van der Waals surface area (Å²) >= 11 is 0. The van der Waals surface area contributed by atoms with Crippen LogP contribution in [0.3, 0.4) is 0 Å². The van der Waals surface area contributed by atoms with Crippen molar-refractivity contribution in [2.75, 3.05) is 0 Å². The van der Waals surface area contributed by atoms with E-state index in [9.17, 15) is 0 Å². The molecule has 1 heterocycles. The normalized spacial score (nSPS) is 32.1. The lowest BCUT2D eigenvalue weighted by Crippen LogP contribution is -2.41. The molecule has 0 N–H and O–H groups in total. The number of terminal acetylenes is 1. The highest BCUT2D eigenvalue weighted by molar-refractivity contribution is 6.54. The summed E-state index contributed by atoms with van der Waals surface area (Å²) in [7, 11) is -0.338. The highest BCUT2D eigenvalue weighted by atomic mass is 16.7. The molecule has 3 unspecified atom stereocenters. The Morgan fingerprint density at radius 2 is 1.77 bits per heavy atom. The van der Waals surface area contributed by atoms with Crippen LogP contribution in [0.4, 0.5) is 0 Å². The summed E-state index contributed by atoms with van der Waals surface area (Å²) in [5.74, 6) is 4.47. The smallest absolute Gasteiger partial charge is 0.400 e. The van der Waals surface area contributed by atoms with Crippen molar-refractivity contribution >= 4 is 7.12 Å². The van der Waals surface area contributed by atoms with Gasteiger partial charge in [0.15, 0.2) is 0 Å². The second-order valence-electron chi connectivity index (χ2n) is 10.7. The van der Waals surface area contributed by atoms with Crippen molar-refractivity contribution in [3.05, 3.63) is 47.0 Å². The third-order valence-corrected chi connectivity index (χ3v) is 7.88. The van der Waals surface area contributed by atoms with E-state index in [4.69, 9.17) is 15.7 Å². The number of allylic oxidation sites excluding steroid dienone is 8. The average molecular weight is 406 g/mol. The van der Waals surface area contributed by atoms with Crippen LogP contribution in [0.15, 0.2) is 47.0 Å². The Labute approximate surface area is 185 Å². The van der Waals surface area contributed by atoms with Gasteiger partial charge in [0.05, 0.1) is 11.2 Å². The minimum atomic E-state index is -0.343. The Bertz CT molecular complexity index is 817. The third kappa shape index (κ3) is 3.78. The first kappa shape index (κ1) is 23.2. The molecule has 3 aliphatic rings. The molecule has 0 bridgehead atoms. The van der Waals surface area contributed by atoms with Gasteiger partial charge in [-0.2, -0.15) is 0 Å². The summed E-state index contributed by atoms with van der Waals surface area (Å²) in [5.41, 5.74) is 2.94. The first-order valence-corrected chi connectivity index (χ1v) is 11.6. The molecule has 0 aromatic rings. The zero-order valence-corrected chi connectivity index (χ0v) is 20.2. The van der Waals surface area contributed by atoms with Gasteiger partial charge in [0.1, 0.15) is 0 Å². The lowest BCUT2D eigenvalue weighted by Gasteiger charge is -2.38. The summed E-state index contributed by atoms with van der Waals surface area (Å²) in [6.07, 6.45) is 20.9. The quantitative estimate of drug-likeness (QED) is 0.361. The fraction of sp³-hybridized carbons (Fsp3) is 0.630. The minimum Gasteiger partial charge on any atom is -0.400 e. The lowest BCUT2D eigenvalue weighted by atomic mass is 9.64. The zero-order chi connectivity index (χ0) is 22.3. The third-order valence-electron chi connectivity index (χ3n) is 7.88. The van der Waals surface area contributed by atoms with Crippen molar-refractivity contribution in [3.8, 4) is 12.3 Å². The van der Waals surface area contributed by atoms with Gasteiger partial charge in [-0.3, -0.25) is 0 Å². The number of hydrogen-bond acceptors (Lipinski definition) is 2. The van der Waals surface area contributed by atoms with Crippen molar-refractivity contribution in [1.29, 1.82) is 0 Å². The Morgan fingerprint density at radius 3 is 2.30 bits per heavy atom. The van der Waals surface area contributed by atoms with Crippen molar-refractivity contribution in [2.24, 2.45) is 23.2 Å². The van der Waals surface area contributed by atoms with Gasteiger partial charge >= 0.3 is 7.12 Å². The maximum atomic E-state index is 6.33. The van der Waals surface area contributed by atoms with Gasteiger partial charge in [-0.15, -0.1) is 6.42 Å². The van der Waals surface area contributed by atoms with E-state index in [2.05, 4.69) is 91.7 Å². The number of hydrogen-bond donors (Lipinski definition) is 0. The molecule has 3 heteroatoms. The molecule has 3 rings (SSSR count). The summed E-state index contributed by atoms with van der Waals surface area (Å²) in [6, 6.07) is 0. The van der Waals surface area contributed by atoms with E-state index in [0.29, 0.717) is 17.8 Å². The molecular formula is C27H39BO2. The SMILES string of the molecule is C#CC1=C(/C=C(\C)B2OC(C)(C)C(C)(C)O2)C(CC)(CCC(C)C)C2C=CC=CC12. The zero-order valence-electron chi connectivity index (χ0n) is 20.2. The van der Waals surface area contributed by atoms with Gasteiger partial charge in [0.25, 0.3) is 0 Å². The van der Waals surface area contributed by atoms with Gasteiger partial charge in [-0.25, -0.2) is 0 Å². The van der Waals surface area contributed by atoms with E-state index >= 15 is 0 Å². The molecule has 0 amide bonds. The molecule has 162 valence electrons. The molecule has 0 radical (unpaired) electrons. The Balaban J connectivity index is 2.06. The fourth-order valence-electron chi connectivity index (χ4n) is 5.21. The summed E-state index contributed by atoms with van der Waals surface area (Å²) < 4.78 is 12.7. The summed E-state index contributed by atoms with van der Waals surface area (Å²) in [6.45, 7) is 17.5. The van der Waals surface area contributed by atoms with Gasteiger partial charge in [0, 0.05) is 16.9 Å². The van der Waals surface area contributed by atoms with Crippen molar-refractivity contribution in [2.45, 2.75) is 85.9 Å². The van der Waals surface area contributed by atoms with Crippen molar-refractivity contribution < 1.29 is 9.31 Å². The molecule has 1 aliphatic heterocycles. The second kappa shape index (κ2) is 8.21. The molecule has 2 aliphatic carbocycles.